The van der Waals surface area contributed by atoms with Gasteiger partial charge in [-0.3, -0.25) is 4.79 Å². The van der Waals surface area contributed by atoms with Crippen LogP contribution in [0.3, 0.4) is 0 Å². The van der Waals surface area contributed by atoms with Crippen LogP contribution in [-0.4, -0.2) is 17.4 Å². The molecule has 36 heavy (non-hydrogen) atoms. The van der Waals surface area contributed by atoms with Crippen molar-refractivity contribution in [1.82, 2.24) is 5.32 Å². The number of esters is 1. The molecule has 0 saturated heterocycles. The average molecular weight is 538 g/mol. The van der Waals surface area contributed by atoms with Crippen molar-refractivity contribution in [1.29, 1.82) is 0 Å². The molecular formula is C31H24BrNO3. The highest BCUT2D eigenvalue weighted by atomic mass is 79.9. The van der Waals surface area contributed by atoms with E-state index in [9.17, 15) is 9.59 Å². The molecule has 5 heteroatoms. The summed E-state index contributed by atoms with van der Waals surface area (Å²) in [5, 5.41) is 3.11. The van der Waals surface area contributed by atoms with Crippen LogP contribution in [0.1, 0.15) is 33.0 Å². The lowest BCUT2D eigenvalue weighted by Gasteiger charge is -2.41. The van der Waals surface area contributed by atoms with Gasteiger partial charge < -0.3 is 10.1 Å². The largest absolute Gasteiger partial charge is 0.424 e. The van der Waals surface area contributed by atoms with Crippen LogP contribution >= 0.6 is 15.9 Å². The molecule has 1 aliphatic rings. The van der Waals surface area contributed by atoms with E-state index in [0.717, 1.165) is 21.2 Å². The highest BCUT2D eigenvalue weighted by Crippen LogP contribution is 2.41. The fraction of sp³-hybridized carbons (Fsp3) is 0.0968. The fourth-order valence-electron chi connectivity index (χ4n) is 4.59. The maximum atomic E-state index is 14.0. The molecule has 1 amide bonds. The van der Waals surface area contributed by atoms with Crippen molar-refractivity contribution >= 4 is 33.6 Å². The predicted octanol–water partition coefficient (Wildman–Crippen LogP) is 6.54. The van der Waals surface area contributed by atoms with Gasteiger partial charge in [0, 0.05) is 27.9 Å². The molecule has 0 aliphatic carbocycles. The van der Waals surface area contributed by atoms with E-state index in [-0.39, 0.29) is 12.3 Å². The van der Waals surface area contributed by atoms with Gasteiger partial charge in [-0.15, -0.1) is 0 Å². The van der Waals surface area contributed by atoms with Crippen LogP contribution in [0, 0.1) is 0 Å². The zero-order chi connectivity index (χ0) is 25.0. The number of amides is 1. The Labute approximate surface area is 218 Å². The number of halogens is 1. The topological polar surface area (TPSA) is 55.4 Å². The van der Waals surface area contributed by atoms with E-state index in [1.165, 1.54) is 0 Å². The highest BCUT2D eigenvalue weighted by Gasteiger charge is 2.51. The second kappa shape index (κ2) is 10.3. The zero-order valence-electron chi connectivity index (χ0n) is 19.4. The first-order valence-corrected chi connectivity index (χ1v) is 12.5. The van der Waals surface area contributed by atoms with Gasteiger partial charge in [0.2, 0.25) is 0 Å². The number of cyclic esters (lactones) is 1. The molecule has 4 aromatic carbocycles. The van der Waals surface area contributed by atoms with E-state index in [2.05, 4.69) is 21.2 Å². The standard InChI is InChI=1S/C31H24BrNO3/c32-26-18-16-23(17-19-26)27-20-28(24-12-6-2-7-13-24)36-30(35)31(27,21-22-10-4-1-5-11-22)33-29(34)25-14-8-3-9-15-25/h1-20,27H,21H2,(H,33,34)/t27-,31+/m1/s1. The van der Waals surface area contributed by atoms with Crippen LogP contribution in [0.5, 0.6) is 0 Å². The van der Waals surface area contributed by atoms with Crippen molar-refractivity contribution in [2.45, 2.75) is 17.9 Å². The lowest BCUT2D eigenvalue weighted by molar-refractivity contribution is -0.145. The second-order valence-electron chi connectivity index (χ2n) is 8.77. The van der Waals surface area contributed by atoms with E-state index in [1.54, 1.807) is 24.3 Å². The summed E-state index contributed by atoms with van der Waals surface area (Å²) in [7, 11) is 0. The molecule has 0 spiro atoms. The first-order valence-electron chi connectivity index (χ1n) is 11.7. The van der Waals surface area contributed by atoms with Crippen molar-refractivity contribution in [3.8, 4) is 0 Å². The van der Waals surface area contributed by atoms with Crippen LogP contribution in [0.25, 0.3) is 5.76 Å². The zero-order valence-corrected chi connectivity index (χ0v) is 21.0. The van der Waals surface area contributed by atoms with Crippen molar-refractivity contribution in [3.63, 3.8) is 0 Å². The Morgan fingerprint density at radius 2 is 1.39 bits per heavy atom. The number of nitrogens with one attached hydrogen (secondary N) is 1. The molecule has 0 aromatic heterocycles. The Bertz CT molecular complexity index is 1390. The van der Waals surface area contributed by atoms with Crippen molar-refractivity contribution in [2.75, 3.05) is 0 Å². The van der Waals surface area contributed by atoms with Crippen LogP contribution < -0.4 is 5.32 Å². The van der Waals surface area contributed by atoms with Gasteiger partial charge in [0.05, 0.1) is 0 Å². The SMILES string of the molecule is O=C(N[C@]1(Cc2ccccc2)C(=O)OC(c2ccccc2)=C[C@@H]1c1ccc(Br)cc1)c1ccccc1. The Kier molecular flexibility index (Phi) is 6.83. The number of carbonyl (C=O) groups is 2. The Morgan fingerprint density at radius 3 is 2.03 bits per heavy atom. The Morgan fingerprint density at radius 1 is 0.806 bits per heavy atom. The summed E-state index contributed by atoms with van der Waals surface area (Å²) in [5.41, 5.74) is 1.73. The first-order chi connectivity index (χ1) is 17.5. The maximum Gasteiger partial charge on any atom is 0.338 e. The van der Waals surface area contributed by atoms with Gasteiger partial charge in [0.1, 0.15) is 5.76 Å². The van der Waals surface area contributed by atoms with Gasteiger partial charge in [0.25, 0.3) is 5.91 Å². The number of ether oxygens (including phenoxy) is 1. The van der Waals surface area contributed by atoms with Crippen LogP contribution in [0.15, 0.2) is 126 Å². The predicted molar refractivity (Wildman–Crippen MR) is 144 cm³/mol. The molecule has 2 atom stereocenters. The summed E-state index contributed by atoms with van der Waals surface area (Å²) < 4.78 is 6.90. The molecule has 0 radical (unpaired) electrons. The van der Waals surface area contributed by atoms with Gasteiger partial charge in [-0.05, 0) is 41.5 Å². The van der Waals surface area contributed by atoms with Gasteiger partial charge in [-0.2, -0.15) is 0 Å². The van der Waals surface area contributed by atoms with Crippen LogP contribution in [0.2, 0.25) is 0 Å². The molecule has 1 aliphatic heterocycles. The summed E-state index contributed by atoms with van der Waals surface area (Å²) in [5.74, 6) is -0.826. The van der Waals surface area contributed by atoms with Gasteiger partial charge in [-0.25, -0.2) is 4.79 Å². The molecule has 0 unspecified atom stereocenters. The van der Waals surface area contributed by atoms with E-state index in [1.807, 2.05) is 97.1 Å². The number of benzene rings is 4. The third-order valence-electron chi connectivity index (χ3n) is 6.40. The number of hydrogen-bond donors (Lipinski definition) is 1. The average Bonchev–Trinajstić information content (AvgIpc) is 2.92. The van der Waals surface area contributed by atoms with E-state index in [0.29, 0.717) is 11.3 Å². The van der Waals surface area contributed by atoms with E-state index in [4.69, 9.17) is 4.74 Å². The quantitative estimate of drug-likeness (QED) is 0.284. The lowest BCUT2D eigenvalue weighted by atomic mass is 9.73. The maximum absolute atomic E-state index is 14.0. The molecule has 5 rings (SSSR count). The molecule has 0 bridgehead atoms. The minimum Gasteiger partial charge on any atom is -0.424 e. The van der Waals surface area contributed by atoms with Crippen LogP contribution in [0.4, 0.5) is 0 Å². The molecular weight excluding hydrogens is 514 g/mol. The minimum absolute atomic E-state index is 0.268. The minimum atomic E-state index is -1.36. The summed E-state index contributed by atoms with van der Waals surface area (Å²) in [6, 6.07) is 36.0. The summed E-state index contributed by atoms with van der Waals surface area (Å²) in [6.45, 7) is 0. The molecule has 4 aromatic rings. The number of carbonyl (C=O) groups excluding carboxylic acids is 2. The highest BCUT2D eigenvalue weighted by molar-refractivity contribution is 9.10. The van der Waals surface area contributed by atoms with Crippen molar-refractivity contribution in [3.05, 3.63) is 148 Å². The Balaban J connectivity index is 1.68. The third kappa shape index (κ3) is 4.88. The summed E-state index contributed by atoms with van der Waals surface area (Å²) in [4.78, 5) is 27.5. The van der Waals surface area contributed by atoms with Crippen molar-refractivity contribution < 1.29 is 14.3 Å². The Hall–Kier alpha value is -3.96. The number of hydrogen-bond acceptors (Lipinski definition) is 3. The molecule has 0 fully saturated rings. The second-order valence-corrected chi connectivity index (χ2v) is 9.69. The van der Waals surface area contributed by atoms with Gasteiger partial charge in [-0.1, -0.05) is 107 Å². The molecule has 1 N–H and O–H groups in total. The molecule has 1 heterocycles. The molecule has 0 saturated carbocycles. The lowest BCUT2D eigenvalue weighted by Crippen LogP contribution is -2.61. The summed E-state index contributed by atoms with van der Waals surface area (Å²) in [6.07, 6.45) is 2.22. The van der Waals surface area contributed by atoms with Gasteiger partial charge >= 0.3 is 5.97 Å². The van der Waals surface area contributed by atoms with Crippen molar-refractivity contribution in [2.24, 2.45) is 0 Å². The van der Waals surface area contributed by atoms with E-state index < -0.39 is 17.4 Å². The third-order valence-corrected chi connectivity index (χ3v) is 6.93. The molecule has 178 valence electrons. The first kappa shape index (κ1) is 23.8. The van der Waals surface area contributed by atoms with Gasteiger partial charge in [0.15, 0.2) is 5.54 Å². The smallest absolute Gasteiger partial charge is 0.338 e. The molecule has 4 nitrogen and oxygen atoms in total. The fourth-order valence-corrected chi connectivity index (χ4v) is 4.86. The number of rotatable bonds is 6. The van der Waals surface area contributed by atoms with Crippen LogP contribution in [-0.2, 0) is 16.0 Å². The normalized spacial score (nSPS) is 19.2. The summed E-state index contributed by atoms with van der Waals surface area (Å²) >= 11 is 3.51. The monoisotopic (exact) mass is 537 g/mol. The van der Waals surface area contributed by atoms with E-state index >= 15 is 0 Å².